The Bertz CT molecular complexity index is 269. The van der Waals surface area contributed by atoms with Crippen LogP contribution in [0.3, 0.4) is 0 Å². The molecule has 1 heterocycles. The first kappa shape index (κ1) is 14.8. The molecule has 1 amide bonds. The van der Waals surface area contributed by atoms with Crippen LogP contribution in [-0.2, 0) is 4.79 Å². The molecule has 2 N–H and O–H groups in total. The van der Waals surface area contributed by atoms with Gasteiger partial charge in [0.2, 0.25) is 5.91 Å². The summed E-state index contributed by atoms with van der Waals surface area (Å²) in [4.78, 5) is 14.4. The van der Waals surface area contributed by atoms with Gasteiger partial charge in [0, 0.05) is 19.1 Å². The summed E-state index contributed by atoms with van der Waals surface area (Å²) in [6, 6.07) is 0.345. The zero-order valence-corrected chi connectivity index (χ0v) is 12.3. The maximum atomic E-state index is 12.1. The highest BCUT2D eigenvalue weighted by molar-refractivity contribution is 5.78. The van der Waals surface area contributed by atoms with E-state index in [0.717, 1.165) is 32.6 Å². The fourth-order valence-electron chi connectivity index (χ4n) is 3.31. The Morgan fingerprint density at radius 2 is 2.00 bits per heavy atom. The Hall–Kier alpha value is -0.610. The molecule has 2 aliphatic rings. The molecule has 1 aliphatic heterocycles. The third-order valence-electron chi connectivity index (χ3n) is 4.55. The van der Waals surface area contributed by atoms with Crippen LogP contribution in [0.4, 0.5) is 0 Å². The van der Waals surface area contributed by atoms with Crippen molar-refractivity contribution in [2.75, 3.05) is 32.7 Å². The molecule has 2 fully saturated rings. The predicted octanol–water partition coefficient (Wildman–Crippen LogP) is 1.37. The first-order valence-electron chi connectivity index (χ1n) is 7.98. The molecule has 1 saturated heterocycles. The summed E-state index contributed by atoms with van der Waals surface area (Å²) in [7, 11) is 0. The predicted molar refractivity (Wildman–Crippen MR) is 78.1 cm³/mol. The van der Waals surface area contributed by atoms with Gasteiger partial charge in [-0.1, -0.05) is 19.3 Å². The number of carbonyl (C=O) groups excluding carboxylic acids is 1. The number of carbonyl (C=O) groups is 1. The van der Waals surface area contributed by atoms with E-state index in [4.69, 9.17) is 0 Å². The van der Waals surface area contributed by atoms with Crippen LogP contribution in [-0.4, -0.2) is 49.6 Å². The van der Waals surface area contributed by atoms with E-state index in [1.165, 1.54) is 32.1 Å². The van der Waals surface area contributed by atoms with Gasteiger partial charge in [-0.25, -0.2) is 0 Å². The Kier molecular flexibility index (Phi) is 6.11. The van der Waals surface area contributed by atoms with Crippen molar-refractivity contribution in [1.29, 1.82) is 0 Å². The van der Waals surface area contributed by atoms with Gasteiger partial charge in [-0.3, -0.25) is 9.69 Å². The van der Waals surface area contributed by atoms with Crippen molar-refractivity contribution in [2.24, 2.45) is 5.92 Å². The van der Waals surface area contributed by atoms with E-state index in [2.05, 4.69) is 22.5 Å². The fraction of sp³-hybridized carbons (Fsp3) is 0.933. The minimum absolute atomic E-state index is 0.208. The zero-order chi connectivity index (χ0) is 13.5. The summed E-state index contributed by atoms with van der Waals surface area (Å²) < 4.78 is 0. The standard InChI is InChI=1S/C15H29N3O/c1-13(14-6-3-2-4-7-14)17-15(19)12-18-10-5-8-16-9-11-18/h13-14,16H,2-12H2,1H3,(H,17,19)/t13-/m0/s1. The van der Waals surface area contributed by atoms with E-state index < -0.39 is 0 Å². The second kappa shape index (κ2) is 7.85. The smallest absolute Gasteiger partial charge is 0.234 e. The number of nitrogens with one attached hydrogen (secondary N) is 2. The second-order valence-corrected chi connectivity index (χ2v) is 6.13. The Labute approximate surface area is 117 Å². The van der Waals surface area contributed by atoms with Crippen molar-refractivity contribution in [1.82, 2.24) is 15.5 Å². The summed E-state index contributed by atoms with van der Waals surface area (Å²) in [5.74, 6) is 0.906. The third kappa shape index (κ3) is 5.11. The molecule has 0 aromatic carbocycles. The summed E-state index contributed by atoms with van der Waals surface area (Å²) >= 11 is 0. The molecule has 0 bridgehead atoms. The molecule has 0 unspecified atom stereocenters. The molecule has 0 aromatic heterocycles. The van der Waals surface area contributed by atoms with Gasteiger partial charge in [0.05, 0.1) is 6.54 Å². The van der Waals surface area contributed by atoms with Crippen LogP contribution in [0.25, 0.3) is 0 Å². The molecule has 1 aliphatic carbocycles. The van der Waals surface area contributed by atoms with Gasteiger partial charge in [-0.05, 0) is 45.2 Å². The number of nitrogens with zero attached hydrogens (tertiary/aromatic N) is 1. The van der Waals surface area contributed by atoms with Crippen LogP contribution in [0.2, 0.25) is 0 Å². The van der Waals surface area contributed by atoms with E-state index in [0.29, 0.717) is 18.5 Å². The quantitative estimate of drug-likeness (QED) is 0.808. The molecule has 0 spiro atoms. The van der Waals surface area contributed by atoms with Crippen molar-refractivity contribution in [3.8, 4) is 0 Å². The molecule has 1 saturated carbocycles. The molecular weight excluding hydrogens is 238 g/mol. The summed E-state index contributed by atoms with van der Waals surface area (Å²) in [5.41, 5.74) is 0. The van der Waals surface area contributed by atoms with E-state index in [-0.39, 0.29) is 5.91 Å². The Morgan fingerprint density at radius 1 is 1.21 bits per heavy atom. The van der Waals surface area contributed by atoms with Crippen molar-refractivity contribution in [3.63, 3.8) is 0 Å². The van der Waals surface area contributed by atoms with Gasteiger partial charge >= 0.3 is 0 Å². The Morgan fingerprint density at radius 3 is 2.79 bits per heavy atom. The van der Waals surface area contributed by atoms with Crippen molar-refractivity contribution >= 4 is 5.91 Å². The second-order valence-electron chi connectivity index (χ2n) is 6.13. The van der Waals surface area contributed by atoms with Crippen LogP contribution in [0.5, 0.6) is 0 Å². The van der Waals surface area contributed by atoms with Gasteiger partial charge in [-0.2, -0.15) is 0 Å². The lowest BCUT2D eigenvalue weighted by molar-refractivity contribution is -0.123. The normalized spacial score (nSPS) is 24.7. The number of hydrogen-bond donors (Lipinski definition) is 2. The molecule has 110 valence electrons. The van der Waals surface area contributed by atoms with Gasteiger partial charge in [0.15, 0.2) is 0 Å². The third-order valence-corrected chi connectivity index (χ3v) is 4.55. The SMILES string of the molecule is C[C@H](NC(=O)CN1CCCNCC1)C1CCCCC1. The van der Waals surface area contributed by atoms with E-state index >= 15 is 0 Å². The molecule has 0 radical (unpaired) electrons. The van der Waals surface area contributed by atoms with Crippen molar-refractivity contribution < 1.29 is 4.79 Å². The largest absolute Gasteiger partial charge is 0.352 e. The average Bonchev–Trinajstić information content (AvgIpc) is 2.68. The van der Waals surface area contributed by atoms with Gasteiger partial charge in [0.1, 0.15) is 0 Å². The first-order valence-corrected chi connectivity index (χ1v) is 7.98. The summed E-state index contributed by atoms with van der Waals surface area (Å²) in [6.07, 6.45) is 7.76. The van der Waals surface area contributed by atoms with Crippen LogP contribution in [0.15, 0.2) is 0 Å². The highest BCUT2D eigenvalue weighted by atomic mass is 16.2. The van der Waals surface area contributed by atoms with Gasteiger partial charge in [-0.15, -0.1) is 0 Å². The minimum atomic E-state index is 0.208. The average molecular weight is 267 g/mol. The maximum absolute atomic E-state index is 12.1. The number of hydrogen-bond acceptors (Lipinski definition) is 3. The molecule has 4 heteroatoms. The highest BCUT2D eigenvalue weighted by Gasteiger charge is 2.22. The van der Waals surface area contributed by atoms with E-state index in [9.17, 15) is 4.79 Å². The maximum Gasteiger partial charge on any atom is 0.234 e. The summed E-state index contributed by atoms with van der Waals surface area (Å²) in [6.45, 7) is 6.86. The lowest BCUT2D eigenvalue weighted by atomic mass is 9.84. The van der Waals surface area contributed by atoms with Crippen molar-refractivity contribution in [3.05, 3.63) is 0 Å². The molecule has 4 nitrogen and oxygen atoms in total. The van der Waals surface area contributed by atoms with Gasteiger partial charge in [0.25, 0.3) is 0 Å². The van der Waals surface area contributed by atoms with Crippen LogP contribution < -0.4 is 10.6 Å². The topological polar surface area (TPSA) is 44.4 Å². The molecule has 1 atom stereocenters. The molecular formula is C15H29N3O. The molecule has 0 aromatic rings. The van der Waals surface area contributed by atoms with E-state index in [1.807, 2.05) is 0 Å². The highest BCUT2D eigenvalue weighted by Crippen LogP contribution is 2.26. The Balaban J connectivity index is 1.70. The first-order chi connectivity index (χ1) is 9.25. The fourth-order valence-corrected chi connectivity index (χ4v) is 3.31. The van der Waals surface area contributed by atoms with E-state index in [1.54, 1.807) is 0 Å². The van der Waals surface area contributed by atoms with Crippen molar-refractivity contribution in [2.45, 2.75) is 51.5 Å². The lowest BCUT2D eigenvalue weighted by Gasteiger charge is -2.29. The zero-order valence-electron chi connectivity index (χ0n) is 12.3. The van der Waals surface area contributed by atoms with Crippen LogP contribution >= 0.6 is 0 Å². The monoisotopic (exact) mass is 267 g/mol. The minimum Gasteiger partial charge on any atom is -0.352 e. The molecule has 19 heavy (non-hydrogen) atoms. The van der Waals surface area contributed by atoms with Gasteiger partial charge < -0.3 is 10.6 Å². The summed E-state index contributed by atoms with van der Waals surface area (Å²) in [5, 5.41) is 6.59. The lowest BCUT2D eigenvalue weighted by Crippen LogP contribution is -2.44. The number of amides is 1. The number of rotatable bonds is 4. The van der Waals surface area contributed by atoms with Crippen LogP contribution in [0.1, 0.15) is 45.4 Å². The molecule has 2 rings (SSSR count). The van der Waals surface area contributed by atoms with Crippen LogP contribution in [0, 0.1) is 5.92 Å².